The first kappa shape index (κ1) is 10.1. The van der Waals surface area contributed by atoms with Crippen LogP contribution in [-0.4, -0.2) is 27.3 Å². The predicted octanol–water partition coefficient (Wildman–Crippen LogP) is 1.50. The molecular formula is C10H17N3S. The number of nitrogens with one attached hydrogen (secondary N) is 1. The highest BCUT2D eigenvalue weighted by molar-refractivity contribution is 7.99. The molecule has 1 N–H and O–H groups in total. The van der Waals surface area contributed by atoms with Crippen LogP contribution in [0.25, 0.3) is 0 Å². The van der Waals surface area contributed by atoms with E-state index >= 15 is 0 Å². The van der Waals surface area contributed by atoms with Crippen molar-refractivity contribution < 1.29 is 0 Å². The van der Waals surface area contributed by atoms with Gasteiger partial charge in [0.2, 0.25) is 0 Å². The SMILES string of the molecule is CCn1cc(CNC2CCSC2)cn1. The molecule has 4 heteroatoms. The molecule has 1 aliphatic rings. The van der Waals surface area contributed by atoms with E-state index in [2.05, 4.69) is 23.5 Å². The normalized spacial score (nSPS) is 21.6. The lowest BCUT2D eigenvalue weighted by Crippen LogP contribution is -2.27. The zero-order valence-corrected chi connectivity index (χ0v) is 9.39. The van der Waals surface area contributed by atoms with Gasteiger partial charge in [0, 0.05) is 36.6 Å². The first-order valence-electron chi connectivity index (χ1n) is 5.21. The number of rotatable bonds is 4. The zero-order valence-electron chi connectivity index (χ0n) is 8.57. The quantitative estimate of drug-likeness (QED) is 0.818. The molecule has 78 valence electrons. The monoisotopic (exact) mass is 211 g/mol. The minimum atomic E-state index is 0.713. The van der Waals surface area contributed by atoms with Crippen LogP contribution in [0.3, 0.4) is 0 Å². The highest BCUT2D eigenvalue weighted by atomic mass is 32.2. The Hall–Kier alpha value is -0.480. The third-order valence-corrected chi connectivity index (χ3v) is 3.70. The molecule has 1 aromatic rings. The van der Waals surface area contributed by atoms with Gasteiger partial charge in [0.1, 0.15) is 0 Å². The molecule has 1 fully saturated rings. The van der Waals surface area contributed by atoms with Crippen molar-refractivity contribution in [2.24, 2.45) is 0 Å². The van der Waals surface area contributed by atoms with Gasteiger partial charge in [-0.1, -0.05) is 0 Å². The molecule has 1 unspecified atom stereocenters. The first-order valence-corrected chi connectivity index (χ1v) is 6.36. The molecule has 1 aromatic heterocycles. The first-order chi connectivity index (χ1) is 6.88. The molecule has 0 saturated carbocycles. The predicted molar refractivity (Wildman–Crippen MR) is 60.5 cm³/mol. The van der Waals surface area contributed by atoms with Crippen LogP contribution < -0.4 is 5.32 Å². The molecule has 0 aliphatic carbocycles. The molecule has 2 heterocycles. The summed E-state index contributed by atoms with van der Waals surface area (Å²) in [7, 11) is 0. The van der Waals surface area contributed by atoms with Crippen molar-refractivity contribution in [3.8, 4) is 0 Å². The summed E-state index contributed by atoms with van der Waals surface area (Å²) in [6.07, 6.45) is 5.39. The summed E-state index contributed by atoms with van der Waals surface area (Å²) < 4.78 is 1.97. The number of nitrogens with zero attached hydrogens (tertiary/aromatic N) is 2. The fourth-order valence-electron chi connectivity index (χ4n) is 1.63. The highest BCUT2D eigenvalue weighted by Gasteiger charge is 2.14. The van der Waals surface area contributed by atoms with Gasteiger partial charge in [-0.15, -0.1) is 0 Å². The molecule has 14 heavy (non-hydrogen) atoms. The van der Waals surface area contributed by atoms with E-state index in [1.165, 1.54) is 23.5 Å². The second-order valence-electron chi connectivity index (χ2n) is 3.65. The van der Waals surface area contributed by atoms with Gasteiger partial charge in [-0.05, 0) is 19.1 Å². The lowest BCUT2D eigenvalue weighted by Gasteiger charge is -2.08. The smallest absolute Gasteiger partial charge is 0.0534 e. The molecule has 1 saturated heterocycles. The van der Waals surface area contributed by atoms with E-state index in [1.54, 1.807) is 0 Å². The lowest BCUT2D eigenvalue weighted by atomic mass is 10.2. The molecular weight excluding hydrogens is 194 g/mol. The second kappa shape index (κ2) is 4.84. The van der Waals surface area contributed by atoms with Crippen LogP contribution in [0.5, 0.6) is 0 Å². The van der Waals surface area contributed by atoms with Crippen LogP contribution in [0.15, 0.2) is 12.4 Å². The van der Waals surface area contributed by atoms with Crippen molar-refractivity contribution >= 4 is 11.8 Å². The summed E-state index contributed by atoms with van der Waals surface area (Å²) in [6, 6.07) is 0.713. The number of aryl methyl sites for hydroxylation is 1. The van der Waals surface area contributed by atoms with Gasteiger partial charge in [0.15, 0.2) is 0 Å². The lowest BCUT2D eigenvalue weighted by molar-refractivity contribution is 0.557. The maximum Gasteiger partial charge on any atom is 0.0534 e. The average molecular weight is 211 g/mol. The minimum Gasteiger partial charge on any atom is -0.309 e. The molecule has 0 bridgehead atoms. The summed E-state index contributed by atoms with van der Waals surface area (Å²) in [6.45, 7) is 4.03. The van der Waals surface area contributed by atoms with Crippen molar-refractivity contribution in [2.75, 3.05) is 11.5 Å². The number of hydrogen-bond donors (Lipinski definition) is 1. The highest BCUT2D eigenvalue weighted by Crippen LogP contribution is 2.17. The van der Waals surface area contributed by atoms with Crippen LogP contribution >= 0.6 is 11.8 Å². The Kier molecular flexibility index (Phi) is 3.48. The fraction of sp³-hybridized carbons (Fsp3) is 0.700. The fourth-order valence-corrected chi connectivity index (χ4v) is 2.82. The number of aromatic nitrogens is 2. The van der Waals surface area contributed by atoms with Crippen LogP contribution in [0.4, 0.5) is 0 Å². The molecule has 1 aliphatic heterocycles. The van der Waals surface area contributed by atoms with Crippen molar-refractivity contribution in [3.63, 3.8) is 0 Å². The molecule has 0 spiro atoms. The molecule has 0 radical (unpaired) electrons. The Morgan fingerprint density at radius 3 is 3.29 bits per heavy atom. The van der Waals surface area contributed by atoms with Gasteiger partial charge >= 0.3 is 0 Å². The Labute approximate surface area is 89.3 Å². The van der Waals surface area contributed by atoms with Gasteiger partial charge in [0.05, 0.1) is 6.20 Å². The number of thioether (sulfide) groups is 1. The van der Waals surface area contributed by atoms with E-state index in [9.17, 15) is 0 Å². The van der Waals surface area contributed by atoms with Gasteiger partial charge in [-0.25, -0.2) is 0 Å². The summed E-state index contributed by atoms with van der Waals surface area (Å²) in [5.74, 6) is 2.58. The van der Waals surface area contributed by atoms with Crippen LogP contribution in [0.1, 0.15) is 18.9 Å². The van der Waals surface area contributed by atoms with Gasteiger partial charge in [-0.2, -0.15) is 16.9 Å². The van der Waals surface area contributed by atoms with E-state index in [4.69, 9.17) is 0 Å². The van der Waals surface area contributed by atoms with Crippen molar-refractivity contribution in [1.82, 2.24) is 15.1 Å². The van der Waals surface area contributed by atoms with Crippen LogP contribution in [0.2, 0.25) is 0 Å². The Morgan fingerprint density at radius 2 is 2.64 bits per heavy atom. The molecule has 2 rings (SSSR count). The van der Waals surface area contributed by atoms with Crippen molar-refractivity contribution in [3.05, 3.63) is 18.0 Å². The standard InChI is InChI=1S/C10H17N3S/c1-2-13-7-9(6-12-13)5-11-10-3-4-14-8-10/h6-7,10-11H,2-5,8H2,1H3. The Balaban J connectivity index is 1.79. The van der Waals surface area contributed by atoms with Crippen LogP contribution in [-0.2, 0) is 13.1 Å². The summed E-state index contributed by atoms with van der Waals surface area (Å²) in [5.41, 5.74) is 1.30. The maximum atomic E-state index is 4.25. The summed E-state index contributed by atoms with van der Waals surface area (Å²) in [5, 5.41) is 7.81. The molecule has 1 atom stereocenters. The minimum absolute atomic E-state index is 0.713. The van der Waals surface area contributed by atoms with E-state index < -0.39 is 0 Å². The van der Waals surface area contributed by atoms with Gasteiger partial charge < -0.3 is 5.32 Å². The maximum absolute atomic E-state index is 4.25. The Morgan fingerprint density at radius 1 is 1.71 bits per heavy atom. The summed E-state index contributed by atoms with van der Waals surface area (Å²) in [4.78, 5) is 0. The van der Waals surface area contributed by atoms with E-state index in [0.717, 1.165) is 13.1 Å². The zero-order chi connectivity index (χ0) is 9.80. The van der Waals surface area contributed by atoms with Gasteiger partial charge in [0.25, 0.3) is 0 Å². The summed E-state index contributed by atoms with van der Waals surface area (Å²) >= 11 is 2.04. The molecule has 0 amide bonds. The average Bonchev–Trinajstić information content (AvgIpc) is 2.86. The van der Waals surface area contributed by atoms with E-state index in [1.807, 2.05) is 22.6 Å². The van der Waals surface area contributed by atoms with Crippen LogP contribution in [0, 0.1) is 0 Å². The van der Waals surface area contributed by atoms with Gasteiger partial charge in [-0.3, -0.25) is 4.68 Å². The van der Waals surface area contributed by atoms with E-state index in [0.29, 0.717) is 6.04 Å². The molecule has 0 aromatic carbocycles. The largest absolute Gasteiger partial charge is 0.309 e. The third kappa shape index (κ3) is 2.51. The Bertz CT molecular complexity index is 279. The topological polar surface area (TPSA) is 29.9 Å². The third-order valence-electron chi connectivity index (χ3n) is 2.54. The van der Waals surface area contributed by atoms with E-state index in [-0.39, 0.29) is 0 Å². The van der Waals surface area contributed by atoms with Crippen molar-refractivity contribution in [2.45, 2.75) is 32.5 Å². The number of hydrogen-bond acceptors (Lipinski definition) is 3. The second-order valence-corrected chi connectivity index (χ2v) is 4.80. The van der Waals surface area contributed by atoms with Crippen molar-refractivity contribution in [1.29, 1.82) is 0 Å². The molecule has 3 nitrogen and oxygen atoms in total.